The van der Waals surface area contributed by atoms with Gasteiger partial charge in [-0.15, -0.1) is 0 Å². The van der Waals surface area contributed by atoms with Crippen LogP contribution in [0.2, 0.25) is 0 Å². The summed E-state index contributed by atoms with van der Waals surface area (Å²) in [6, 6.07) is 5.41. The number of aromatic hydroxyl groups is 1. The molecule has 0 amide bonds. The van der Waals surface area contributed by atoms with Gasteiger partial charge in [0.2, 0.25) is 0 Å². The smallest absolute Gasteiger partial charge is 0.305 e. The fraction of sp³-hybridized carbons (Fsp3) is 0.632. The number of nitrogens with one attached hydrogen (secondary N) is 1. The lowest BCUT2D eigenvalue weighted by molar-refractivity contribution is -0.183. The quantitative estimate of drug-likeness (QED) is 0.816. The summed E-state index contributed by atoms with van der Waals surface area (Å²) in [5.74, 6) is 0.483. The molecule has 6 heteroatoms. The Balaban J connectivity index is 1.69. The van der Waals surface area contributed by atoms with Gasteiger partial charge < -0.3 is 24.6 Å². The number of carbonyl (C=O) groups excluding carboxylic acids is 1. The van der Waals surface area contributed by atoms with Crippen LogP contribution < -0.4 is 10.1 Å². The SMILES string of the molecule is COC(=O)CC[C@]1(C)Oc2c(O)cccc2[C@H]2OCC3(CNC3)C[C@@H]21. The first-order chi connectivity index (χ1) is 12.0. The summed E-state index contributed by atoms with van der Waals surface area (Å²) in [5.41, 5.74) is 0.474. The molecule has 0 aromatic heterocycles. The van der Waals surface area contributed by atoms with Crippen LogP contribution in [0.1, 0.15) is 37.9 Å². The van der Waals surface area contributed by atoms with E-state index in [2.05, 4.69) is 5.32 Å². The fourth-order valence-electron chi connectivity index (χ4n) is 4.46. The minimum atomic E-state index is -0.590. The molecule has 3 atom stereocenters. The average Bonchev–Trinajstić information content (AvgIpc) is 2.59. The fourth-order valence-corrected chi connectivity index (χ4v) is 4.46. The largest absolute Gasteiger partial charge is 0.504 e. The first kappa shape index (κ1) is 16.7. The van der Waals surface area contributed by atoms with Gasteiger partial charge in [-0.2, -0.15) is 0 Å². The zero-order chi connectivity index (χ0) is 17.7. The molecule has 0 unspecified atom stereocenters. The Hall–Kier alpha value is -1.79. The van der Waals surface area contributed by atoms with E-state index in [1.54, 1.807) is 6.07 Å². The molecule has 3 aliphatic heterocycles. The molecule has 0 aliphatic carbocycles. The van der Waals surface area contributed by atoms with Gasteiger partial charge in [0.15, 0.2) is 11.5 Å². The number of phenols is 1. The summed E-state index contributed by atoms with van der Waals surface area (Å²) >= 11 is 0. The van der Waals surface area contributed by atoms with Crippen molar-refractivity contribution < 1.29 is 24.1 Å². The summed E-state index contributed by atoms with van der Waals surface area (Å²) in [7, 11) is 1.40. The molecular formula is C19H25NO5. The zero-order valence-corrected chi connectivity index (χ0v) is 14.7. The molecule has 1 spiro atoms. The Morgan fingerprint density at radius 3 is 2.92 bits per heavy atom. The van der Waals surface area contributed by atoms with Crippen LogP contribution in [0.25, 0.3) is 0 Å². The second kappa shape index (κ2) is 5.88. The maximum absolute atomic E-state index is 11.7. The van der Waals surface area contributed by atoms with Gasteiger partial charge in [-0.05, 0) is 25.8 Å². The Morgan fingerprint density at radius 2 is 2.24 bits per heavy atom. The van der Waals surface area contributed by atoms with E-state index in [9.17, 15) is 9.90 Å². The van der Waals surface area contributed by atoms with E-state index in [1.165, 1.54) is 7.11 Å². The van der Waals surface area contributed by atoms with Gasteiger partial charge in [-0.3, -0.25) is 4.79 Å². The van der Waals surface area contributed by atoms with Crippen molar-refractivity contribution in [1.82, 2.24) is 5.32 Å². The number of benzene rings is 1. The molecule has 3 aliphatic rings. The topological polar surface area (TPSA) is 77.0 Å². The number of phenolic OH excluding ortho intramolecular Hbond substituents is 1. The number of fused-ring (bicyclic) bond motifs is 3. The molecule has 1 aromatic carbocycles. The van der Waals surface area contributed by atoms with Crippen molar-refractivity contribution in [2.75, 3.05) is 26.8 Å². The van der Waals surface area contributed by atoms with E-state index >= 15 is 0 Å². The van der Waals surface area contributed by atoms with Gasteiger partial charge in [-0.1, -0.05) is 12.1 Å². The number of esters is 1. The number of rotatable bonds is 3. The van der Waals surface area contributed by atoms with Gasteiger partial charge in [0.05, 0.1) is 19.8 Å². The molecule has 2 N–H and O–H groups in total. The van der Waals surface area contributed by atoms with Crippen molar-refractivity contribution in [1.29, 1.82) is 0 Å². The molecular weight excluding hydrogens is 322 g/mol. The van der Waals surface area contributed by atoms with Crippen molar-refractivity contribution in [3.63, 3.8) is 0 Å². The van der Waals surface area contributed by atoms with Crippen molar-refractivity contribution >= 4 is 5.97 Å². The van der Waals surface area contributed by atoms with Gasteiger partial charge in [-0.25, -0.2) is 0 Å². The third-order valence-corrected chi connectivity index (χ3v) is 6.09. The maximum Gasteiger partial charge on any atom is 0.305 e. The van der Waals surface area contributed by atoms with Crippen LogP contribution in [-0.2, 0) is 14.3 Å². The van der Waals surface area contributed by atoms with Crippen LogP contribution in [0, 0.1) is 11.3 Å². The van der Waals surface area contributed by atoms with E-state index in [0.29, 0.717) is 18.8 Å². The molecule has 0 saturated carbocycles. The highest BCUT2D eigenvalue weighted by Gasteiger charge is 2.55. The van der Waals surface area contributed by atoms with E-state index in [-0.39, 0.29) is 35.6 Å². The Bertz CT molecular complexity index is 686. The van der Waals surface area contributed by atoms with Gasteiger partial charge in [0.1, 0.15) is 5.60 Å². The highest BCUT2D eigenvalue weighted by molar-refractivity contribution is 5.69. The normalized spacial score (nSPS) is 32.1. The Kier molecular flexibility index (Phi) is 3.92. The maximum atomic E-state index is 11.7. The monoisotopic (exact) mass is 347 g/mol. The minimum absolute atomic E-state index is 0.120. The molecule has 4 rings (SSSR count). The van der Waals surface area contributed by atoms with Gasteiger partial charge in [0, 0.05) is 36.4 Å². The van der Waals surface area contributed by atoms with Gasteiger partial charge >= 0.3 is 5.97 Å². The van der Waals surface area contributed by atoms with Crippen LogP contribution in [0.4, 0.5) is 0 Å². The van der Waals surface area contributed by atoms with Crippen molar-refractivity contribution in [2.45, 2.75) is 37.9 Å². The van der Waals surface area contributed by atoms with Crippen LogP contribution in [0.3, 0.4) is 0 Å². The first-order valence-corrected chi connectivity index (χ1v) is 8.86. The number of carbonyl (C=O) groups is 1. The third-order valence-electron chi connectivity index (χ3n) is 6.09. The second-order valence-electron chi connectivity index (χ2n) is 7.83. The summed E-state index contributed by atoms with van der Waals surface area (Å²) in [6.07, 6.45) is 1.67. The highest BCUT2D eigenvalue weighted by atomic mass is 16.5. The number of ether oxygens (including phenoxy) is 3. The van der Waals surface area contributed by atoms with Crippen LogP contribution in [0.15, 0.2) is 18.2 Å². The molecule has 25 heavy (non-hydrogen) atoms. The standard InChI is InChI=1S/C19H25NO5/c1-18(7-6-15(22)23-2)13-8-19(9-20-10-19)11-24-16(13)12-4-3-5-14(21)17(12)25-18/h3-5,13,16,20-21H,6-11H2,1-2H3/t13-,16+,18-/m0/s1. The van der Waals surface area contributed by atoms with Crippen LogP contribution >= 0.6 is 0 Å². The molecule has 0 bridgehead atoms. The van der Waals surface area contributed by atoms with Crippen molar-refractivity contribution in [3.05, 3.63) is 23.8 Å². The first-order valence-electron chi connectivity index (χ1n) is 8.86. The Labute approximate surface area is 147 Å². The second-order valence-corrected chi connectivity index (χ2v) is 7.83. The average molecular weight is 347 g/mol. The predicted octanol–water partition coefficient (Wildman–Crippen LogP) is 2.16. The lowest BCUT2D eigenvalue weighted by Gasteiger charge is -2.56. The molecule has 0 radical (unpaired) electrons. The van der Waals surface area contributed by atoms with Crippen LogP contribution in [-0.4, -0.2) is 43.5 Å². The van der Waals surface area contributed by atoms with Crippen molar-refractivity contribution in [2.24, 2.45) is 11.3 Å². The number of para-hydroxylation sites is 1. The van der Waals surface area contributed by atoms with Crippen LogP contribution in [0.5, 0.6) is 11.5 Å². The lowest BCUT2D eigenvalue weighted by atomic mass is 9.64. The molecule has 2 saturated heterocycles. The van der Waals surface area contributed by atoms with E-state index in [1.807, 2.05) is 19.1 Å². The number of hydrogen-bond donors (Lipinski definition) is 2. The summed E-state index contributed by atoms with van der Waals surface area (Å²) < 4.78 is 17.4. The summed E-state index contributed by atoms with van der Waals surface area (Å²) in [5, 5.41) is 13.6. The zero-order valence-electron chi connectivity index (χ0n) is 14.7. The summed E-state index contributed by atoms with van der Waals surface area (Å²) in [4.78, 5) is 11.7. The number of hydrogen-bond acceptors (Lipinski definition) is 6. The molecule has 6 nitrogen and oxygen atoms in total. The highest BCUT2D eigenvalue weighted by Crippen LogP contribution is 2.56. The molecule has 136 valence electrons. The van der Waals surface area contributed by atoms with E-state index in [4.69, 9.17) is 14.2 Å². The third kappa shape index (κ3) is 2.68. The summed E-state index contributed by atoms with van der Waals surface area (Å²) in [6.45, 7) is 4.65. The van der Waals surface area contributed by atoms with Crippen molar-refractivity contribution in [3.8, 4) is 11.5 Å². The Morgan fingerprint density at radius 1 is 1.44 bits per heavy atom. The molecule has 2 fully saturated rings. The van der Waals surface area contributed by atoms with E-state index < -0.39 is 5.60 Å². The molecule has 3 heterocycles. The van der Waals surface area contributed by atoms with Gasteiger partial charge in [0.25, 0.3) is 0 Å². The lowest BCUT2D eigenvalue weighted by Crippen LogP contribution is -2.63. The minimum Gasteiger partial charge on any atom is -0.504 e. The molecule has 1 aromatic rings. The number of methoxy groups -OCH3 is 1. The van der Waals surface area contributed by atoms with E-state index in [0.717, 1.165) is 25.1 Å². The predicted molar refractivity (Wildman–Crippen MR) is 90.5 cm³/mol.